The summed E-state index contributed by atoms with van der Waals surface area (Å²) in [6.45, 7) is 5.38. The molecular formula is C24H26FN3O3. The number of benzene rings is 2. The van der Waals surface area contributed by atoms with E-state index >= 15 is 0 Å². The summed E-state index contributed by atoms with van der Waals surface area (Å²) in [5.74, 6) is -0.693. The summed E-state index contributed by atoms with van der Waals surface area (Å²) < 4.78 is 22.0. The van der Waals surface area contributed by atoms with Gasteiger partial charge in [-0.15, -0.1) is 0 Å². The van der Waals surface area contributed by atoms with Crippen molar-refractivity contribution in [3.63, 3.8) is 0 Å². The normalized spacial score (nSPS) is 18.9. The molecule has 0 aliphatic carbocycles. The van der Waals surface area contributed by atoms with Crippen LogP contribution in [0.3, 0.4) is 0 Å². The van der Waals surface area contributed by atoms with Gasteiger partial charge in [0.15, 0.2) is 0 Å². The molecule has 0 radical (unpaired) electrons. The Hall–Kier alpha value is -3.19. The van der Waals surface area contributed by atoms with E-state index in [1.165, 1.54) is 16.7 Å². The minimum Gasteiger partial charge on any atom is -0.372 e. The molecule has 2 unspecified atom stereocenters. The number of halogens is 1. The lowest BCUT2D eigenvalue weighted by molar-refractivity contribution is -0.00539. The van der Waals surface area contributed by atoms with Crippen LogP contribution in [0.5, 0.6) is 0 Å². The van der Waals surface area contributed by atoms with Gasteiger partial charge in [-0.3, -0.25) is 9.59 Å². The number of pyridine rings is 1. The van der Waals surface area contributed by atoms with Gasteiger partial charge in [0, 0.05) is 38.1 Å². The summed E-state index contributed by atoms with van der Waals surface area (Å²) >= 11 is 0. The highest BCUT2D eigenvalue weighted by Gasteiger charge is 2.24. The third kappa shape index (κ3) is 4.32. The first kappa shape index (κ1) is 21.1. The molecule has 31 heavy (non-hydrogen) atoms. The quantitative estimate of drug-likeness (QED) is 0.700. The van der Waals surface area contributed by atoms with Crippen LogP contribution in [-0.4, -0.2) is 35.8 Å². The summed E-state index contributed by atoms with van der Waals surface area (Å²) in [5.41, 5.74) is 1.93. The molecule has 1 aliphatic heterocycles. The topological polar surface area (TPSA) is 63.6 Å². The second-order valence-corrected chi connectivity index (χ2v) is 8.10. The summed E-state index contributed by atoms with van der Waals surface area (Å²) in [4.78, 5) is 27.0. The number of carbonyl (C=O) groups excluding carboxylic acids is 1. The molecule has 0 bridgehead atoms. The predicted molar refractivity (Wildman–Crippen MR) is 119 cm³/mol. The average molecular weight is 423 g/mol. The van der Waals surface area contributed by atoms with Crippen LogP contribution in [0.15, 0.2) is 53.3 Å². The molecule has 4 rings (SSSR count). The van der Waals surface area contributed by atoms with E-state index in [1.54, 1.807) is 19.2 Å². The largest absolute Gasteiger partial charge is 0.372 e. The van der Waals surface area contributed by atoms with Crippen LogP contribution in [0.1, 0.15) is 29.8 Å². The third-order valence-electron chi connectivity index (χ3n) is 5.62. The number of fused-ring (bicyclic) bond motifs is 1. The van der Waals surface area contributed by atoms with Crippen molar-refractivity contribution in [1.29, 1.82) is 0 Å². The zero-order valence-corrected chi connectivity index (χ0v) is 17.9. The Morgan fingerprint density at radius 3 is 2.55 bits per heavy atom. The van der Waals surface area contributed by atoms with Gasteiger partial charge >= 0.3 is 0 Å². The lowest BCUT2D eigenvalue weighted by atomic mass is 10.1. The van der Waals surface area contributed by atoms with Gasteiger partial charge < -0.3 is 19.5 Å². The molecule has 162 valence electrons. The number of carbonyl (C=O) groups is 1. The molecule has 2 atom stereocenters. The number of nitrogens with zero attached hydrogens (tertiary/aromatic N) is 2. The van der Waals surface area contributed by atoms with Crippen molar-refractivity contribution in [3.8, 4) is 0 Å². The molecule has 2 heterocycles. The molecule has 6 nitrogen and oxygen atoms in total. The molecule has 0 spiro atoms. The number of amides is 1. The Morgan fingerprint density at radius 2 is 1.84 bits per heavy atom. The van der Waals surface area contributed by atoms with E-state index in [2.05, 4.69) is 5.32 Å². The molecule has 1 saturated heterocycles. The van der Waals surface area contributed by atoms with Gasteiger partial charge in [0.2, 0.25) is 0 Å². The van der Waals surface area contributed by atoms with Crippen LogP contribution in [0.25, 0.3) is 10.9 Å². The van der Waals surface area contributed by atoms with Crippen molar-refractivity contribution < 1.29 is 13.9 Å². The lowest BCUT2D eigenvalue weighted by Crippen LogP contribution is -2.45. The van der Waals surface area contributed by atoms with E-state index in [0.717, 1.165) is 0 Å². The van der Waals surface area contributed by atoms with Gasteiger partial charge in [0.1, 0.15) is 5.82 Å². The van der Waals surface area contributed by atoms with Gasteiger partial charge in [-0.1, -0.05) is 24.3 Å². The molecule has 2 aromatic carbocycles. The summed E-state index contributed by atoms with van der Waals surface area (Å²) in [6.07, 6.45) is 0.0750. The first-order chi connectivity index (χ1) is 14.8. The minimum atomic E-state index is -0.366. The number of ether oxygens (including phenoxy) is 1. The fourth-order valence-electron chi connectivity index (χ4n) is 4.17. The molecule has 1 N–H and O–H groups in total. The van der Waals surface area contributed by atoms with Crippen molar-refractivity contribution in [2.45, 2.75) is 32.6 Å². The van der Waals surface area contributed by atoms with Crippen molar-refractivity contribution in [2.75, 3.05) is 18.0 Å². The van der Waals surface area contributed by atoms with Crippen LogP contribution in [0.2, 0.25) is 0 Å². The molecule has 7 heteroatoms. The van der Waals surface area contributed by atoms with Crippen molar-refractivity contribution in [1.82, 2.24) is 9.88 Å². The number of aryl methyl sites for hydroxylation is 1. The van der Waals surface area contributed by atoms with Gasteiger partial charge in [-0.2, -0.15) is 0 Å². The third-order valence-corrected chi connectivity index (χ3v) is 5.62. The molecule has 3 aromatic rings. The second kappa shape index (κ2) is 8.51. The van der Waals surface area contributed by atoms with E-state index < -0.39 is 0 Å². The van der Waals surface area contributed by atoms with Crippen LogP contribution in [0, 0.1) is 5.82 Å². The Kier molecular flexibility index (Phi) is 5.78. The Balaban J connectivity index is 1.51. The SMILES string of the molecule is CC1CN(c2ccc(CNC(=O)c3cc(=O)n(C)c4ccccc34)cc2F)CC(C)O1. The van der Waals surface area contributed by atoms with Crippen LogP contribution >= 0.6 is 0 Å². The minimum absolute atomic E-state index is 0.0375. The van der Waals surface area contributed by atoms with E-state index in [9.17, 15) is 14.0 Å². The maximum Gasteiger partial charge on any atom is 0.252 e. The second-order valence-electron chi connectivity index (χ2n) is 8.10. The van der Waals surface area contributed by atoms with Crippen molar-refractivity contribution >= 4 is 22.5 Å². The average Bonchev–Trinajstić information content (AvgIpc) is 2.74. The first-order valence-corrected chi connectivity index (χ1v) is 10.4. The number of aromatic nitrogens is 1. The smallest absolute Gasteiger partial charge is 0.252 e. The van der Waals surface area contributed by atoms with Gasteiger partial charge in [-0.25, -0.2) is 4.39 Å². The fourth-order valence-corrected chi connectivity index (χ4v) is 4.17. The molecule has 1 amide bonds. The van der Waals surface area contributed by atoms with E-state index in [0.29, 0.717) is 40.8 Å². The zero-order valence-electron chi connectivity index (χ0n) is 17.9. The Bertz CT molecular complexity index is 1180. The number of morpholine rings is 1. The number of nitrogens with one attached hydrogen (secondary N) is 1. The summed E-state index contributed by atoms with van der Waals surface area (Å²) in [5, 5.41) is 3.50. The van der Waals surface area contributed by atoms with E-state index in [4.69, 9.17) is 4.74 Å². The van der Waals surface area contributed by atoms with Crippen molar-refractivity contribution in [3.05, 3.63) is 75.8 Å². The maximum atomic E-state index is 14.8. The fraction of sp³-hybridized carbons (Fsp3) is 0.333. The monoisotopic (exact) mass is 423 g/mol. The number of anilines is 1. The Labute approximate surface area is 180 Å². The predicted octanol–water partition coefficient (Wildman–Crippen LogP) is 3.22. The summed E-state index contributed by atoms with van der Waals surface area (Å²) in [7, 11) is 1.67. The molecular weight excluding hydrogens is 397 g/mol. The van der Waals surface area contributed by atoms with Crippen molar-refractivity contribution in [2.24, 2.45) is 7.05 Å². The van der Waals surface area contributed by atoms with Gasteiger partial charge in [-0.05, 0) is 37.6 Å². The van der Waals surface area contributed by atoms with Crippen LogP contribution in [0.4, 0.5) is 10.1 Å². The highest BCUT2D eigenvalue weighted by atomic mass is 19.1. The molecule has 1 fully saturated rings. The van der Waals surface area contributed by atoms with E-state index in [1.807, 2.05) is 43.0 Å². The lowest BCUT2D eigenvalue weighted by Gasteiger charge is -2.37. The van der Waals surface area contributed by atoms with Gasteiger partial charge in [0.25, 0.3) is 11.5 Å². The Morgan fingerprint density at radius 1 is 1.13 bits per heavy atom. The van der Waals surface area contributed by atoms with Crippen LogP contribution < -0.4 is 15.8 Å². The van der Waals surface area contributed by atoms with Gasteiger partial charge in [0.05, 0.1) is 29.0 Å². The zero-order chi connectivity index (χ0) is 22.1. The molecule has 0 saturated carbocycles. The summed E-state index contributed by atoms with van der Waals surface area (Å²) in [6, 6.07) is 13.6. The number of rotatable bonds is 4. The standard InChI is InChI=1S/C24H26FN3O3/c1-15-13-28(14-16(2)31-15)22-9-8-17(10-20(22)25)12-26-24(30)19-11-23(29)27(3)21-7-5-4-6-18(19)21/h4-11,15-16H,12-14H2,1-3H3,(H,26,30). The highest BCUT2D eigenvalue weighted by molar-refractivity contribution is 6.06. The number of para-hydroxylation sites is 1. The first-order valence-electron chi connectivity index (χ1n) is 10.4. The number of hydrogen-bond acceptors (Lipinski definition) is 4. The molecule has 1 aromatic heterocycles. The van der Waals surface area contributed by atoms with Crippen LogP contribution in [-0.2, 0) is 18.3 Å². The highest BCUT2D eigenvalue weighted by Crippen LogP contribution is 2.24. The maximum absolute atomic E-state index is 14.8. The number of hydrogen-bond donors (Lipinski definition) is 1. The van der Waals surface area contributed by atoms with E-state index in [-0.39, 0.29) is 36.0 Å². The molecule has 1 aliphatic rings.